The van der Waals surface area contributed by atoms with Crippen LogP contribution in [0.4, 0.5) is 11.4 Å². The van der Waals surface area contributed by atoms with E-state index in [4.69, 9.17) is 10.5 Å². The lowest BCUT2D eigenvalue weighted by Gasteiger charge is -2.37. The third-order valence-electron chi connectivity index (χ3n) is 3.76. The standard InChI is InChI=1S/C15H26N4O/c1-4-20-15-8-12(16)7-13(9-15)17-10-14-11-18(2)5-6-19(14)3/h7-9,14,17H,4-6,10-11,16H2,1-3H3. The van der Waals surface area contributed by atoms with Gasteiger partial charge in [-0.1, -0.05) is 0 Å². The molecule has 5 nitrogen and oxygen atoms in total. The molecule has 1 saturated heterocycles. The number of ether oxygens (including phenoxy) is 1. The van der Waals surface area contributed by atoms with Gasteiger partial charge >= 0.3 is 0 Å². The topological polar surface area (TPSA) is 53.8 Å². The number of hydrogen-bond acceptors (Lipinski definition) is 5. The van der Waals surface area contributed by atoms with E-state index in [1.54, 1.807) is 0 Å². The van der Waals surface area contributed by atoms with Crippen LogP contribution in [-0.4, -0.2) is 62.7 Å². The van der Waals surface area contributed by atoms with E-state index in [9.17, 15) is 0 Å². The van der Waals surface area contributed by atoms with E-state index in [0.717, 1.165) is 43.3 Å². The number of nitrogens with zero attached hydrogens (tertiary/aromatic N) is 2. The Labute approximate surface area is 121 Å². The van der Waals surface area contributed by atoms with Gasteiger partial charge in [0.25, 0.3) is 0 Å². The molecule has 1 unspecified atom stereocenters. The summed E-state index contributed by atoms with van der Waals surface area (Å²) in [6.45, 7) is 6.88. The second-order valence-corrected chi connectivity index (χ2v) is 5.50. The SMILES string of the molecule is CCOc1cc(N)cc(NCC2CN(C)CCN2C)c1. The Bertz CT molecular complexity index is 438. The number of hydrogen-bond donors (Lipinski definition) is 2. The molecule has 0 aromatic heterocycles. The van der Waals surface area contributed by atoms with Crippen molar-refractivity contribution in [3.05, 3.63) is 18.2 Å². The van der Waals surface area contributed by atoms with E-state index >= 15 is 0 Å². The molecule has 1 aromatic rings. The van der Waals surface area contributed by atoms with Crippen molar-refractivity contribution in [2.45, 2.75) is 13.0 Å². The van der Waals surface area contributed by atoms with Crippen LogP contribution in [0, 0.1) is 0 Å². The van der Waals surface area contributed by atoms with Crippen molar-refractivity contribution in [1.82, 2.24) is 9.80 Å². The molecular formula is C15H26N4O. The van der Waals surface area contributed by atoms with Crippen LogP contribution >= 0.6 is 0 Å². The highest BCUT2D eigenvalue weighted by Crippen LogP contribution is 2.22. The second kappa shape index (κ2) is 6.81. The van der Waals surface area contributed by atoms with E-state index in [-0.39, 0.29) is 0 Å². The first-order valence-corrected chi connectivity index (χ1v) is 7.24. The zero-order valence-electron chi connectivity index (χ0n) is 12.7. The predicted molar refractivity (Wildman–Crippen MR) is 84.4 cm³/mol. The molecule has 1 atom stereocenters. The molecule has 1 aromatic carbocycles. The lowest BCUT2D eigenvalue weighted by atomic mass is 10.1. The fraction of sp³-hybridized carbons (Fsp3) is 0.600. The number of benzene rings is 1. The normalized spacial score (nSPS) is 20.9. The maximum atomic E-state index is 5.91. The Morgan fingerprint density at radius 1 is 1.30 bits per heavy atom. The number of rotatable bonds is 5. The van der Waals surface area contributed by atoms with Gasteiger partial charge in [-0.2, -0.15) is 0 Å². The summed E-state index contributed by atoms with van der Waals surface area (Å²) >= 11 is 0. The van der Waals surface area contributed by atoms with Crippen LogP contribution in [0.15, 0.2) is 18.2 Å². The zero-order chi connectivity index (χ0) is 14.5. The second-order valence-electron chi connectivity index (χ2n) is 5.50. The van der Waals surface area contributed by atoms with Crippen molar-refractivity contribution in [1.29, 1.82) is 0 Å². The Balaban J connectivity index is 1.95. The molecule has 2 rings (SSSR count). The van der Waals surface area contributed by atoms with E-state index in [2.05, 4.69) is 29.2 Å². The van der Waals surface area contributed by atoms with Crippen LogP contribution < -0.4 is 15.8 Å². The molecule has 1 heterocycles. The average molecular weight is 278 g/mol. The molecule has 3 N–H and O–H groups in total. The highest BCUT2D eigenvalue weighted by Gasteiger charge is 2.21. The molecule has 0 radical (unpaired) electrons. The van der Waals surface area contributed by atoms with Crippen molar-refractivity contribution in [2.24, 2.45) is 0 Å². The quantitative estimate of drug-likeness (QED) is 0.796. The molecule has 1 fully saturated rings. The maximum absolute atomic E-state index is 5.91. The van der Waals surface area contributed by atoms with Crippen molar-refractivity contribution in [3.63, 3.8) is 0 Å². The lowest BCUT2D eigenvalue weighted by Crippen LogP contribution is -2.52. The average Bonchev–Trinajstić information content (AvgIpc) is 2.40. The third-order valence-corrected chi connectivity index (χ3v) is 3.76. The highest BCUT2D eigenvalue weighted by molar-refractivity contribution is 5.59. The maximum Gasteiger partial charge on any atom is 0.123 e. The molecular weight excluding hydrogens is 252 g/mol. The minimum atomic E-state index is 0.519. The molecule has 20 heavy (non-hydrogen) atoms. The molecule has 0 amide bonds. The fourth-order valence-electron chi connectivity index (χ4n) is 2.53. The number of nitrogens with two attached hydrogens (primary N) is 1. The number of anilines is 2. The number of nitrogens with one attached hydrogen (secondary N) is 1. The van der Waals surface area contributed by atoms with Gasteiger partial charge < -0.3 is 20.7 Å². The smallest absolute Gasteiger partial charge is 0.123 e. The minimum Gasteiger partial charge on any atom is -0.494 e. The summed E-state index contributed by atoms with van der Waals surface area (Å²) in [5.41, 5.74) is 7.66. The van der Waals surface area contributed by atoms with Crippen LogP contribution in [0.25, 0.3) is 0 Å². The summed E-state index contributed by atoms with van der Waals surface area (Å²) in [5, 5.41) is 3.48. The Morgan fingerprint density at radius 2 is 2.10 bits per heavy atom. The summed E-state index contributed by atoms with van der Waals surface area (Å²) in [6.07, 6.45) is 0. The van der Waals surface area contributed by atoms with E-state index < -0.39 is 0 Å². The van der Waals surface area contributed by atoms with Crippen molar-refractivity contribution in [3.8, 4) is 5.75 Å². The van der Waals surface area contributed by atoms with Crippen LogP contribution in [0.5, 0.6) is 5.75 Å². The molecule has 112 valence electrons. The molecule has 1 aliphatic rings. The molecule has 0 bridgehead atoms. The molecule has 0 aliphatic carbocycles. The van der Waals surface area contributed by atoms with Gasteiger partial charge in [-0.25, -0.2) is 0 Å². The van der Waals surface area contributed by atoms with Gasteiger partial charge in [0.15, 0.2) is 0 Å². The number of likely N-dealkylation sites (N-methyl/N-ethyl adjacent to an activating group) is 2. The van der Waals surface area contributed by atoms with Crippen molar-refractivity contribution in [2.75, 3.05) is 57.9 Å². The zero-order valence-corrected chi connectivity index (χ0v) is 12.7. The summed E-state index contributed by atoms with van der Waals surface area (Å²) in [5.74, 6) is 0.823. The van der Waals surface area contributed by atoms with Crippen LogP contribution in [0.1, 0.15) is 6.92 Å². The third kappa shape index (κ3) is 4.02. The Morgan fingerprint density at radius 3 is 2.85 bits per heavy atom. The van der Waals surface area contributed by atoms with Gasteiger partial charge in [0.2, 0.25) is 0 Å². The molecule has 1 aliphatic heterocycles. The largest absolute Gasteiger partial charge is 0.494 e. The first-order valence-electron chi connectivity index (χ1n) is 7.24. The Kier molecular flexibility index (Phi) is 5.09. The Hall–Kier alpha value is -1.46. The van der Waals surface area contributed by atoms with Crippen molar-refractivity contribution < 1.29 is 4.74 Å². The van der Waals surface area contributed by atoms with Gasteiger partial charge in [0, 0.05) is 55.7 Å². The van der Waals surface area contributed by atoms with E-state index in [1.165, 1.54) is 0 Å². The van der Waals surface area contributed by atoms with Gasteiger partial charge in [0.05, 0.1) is 6.61 Å². The first-order chi connectivity index (χ1) is 9.58. The number of piperazine rings is 1. The summed E-state index contributed by atoms with van der Waals surface area (Å²) in [7, 11) is 4.36. The lowest BCUT2D eigenvalue weighted by molar-refractivity contribution is 0.122. The van der Waals surface area contributed by atoms with Crippen LogP contribution in [0.3, 0.4) is 0 Å². The minimum absolute atomic E-state index is 0.519. The number of nitrogen functional groups attached to an aromatic ring is 1. The highest BCUT2D eigenvalue weighted by atomic mass is 16.5. The van der Waals surface area contributed by atoms with Gasteiger partial charge in [-0.15, -0.1) is 0 Å². The molecule has 0 spiro atoms. The van der Waals surface area contributed by atoms with Crippen molar-refractivity contribution >= 4 is 11.4 Å². The fourth-order valence-corrected chi connectivity index (χ4v) is 2.53. The predicted octanol–water partition coefficient (Wildman–Crippen LogP) is 1.33. The summed E-state index contributed by atoms with van der Waals surface area (Å²) in [6, 6.07) is 6.34. The van der Waals surface area contributed by atoms with Gasteiger partial charge in [-0.3, -0.25) is 4.90 Å². The van der Waals surface area contributed by atoms with E-state index in [0.29, 0.717) is 12.6 Å². The van der Waals surface area contributed by atoms with E-state index in [1.807, 2.05) is 25.1 Å². The summed E-state index contributed by atoms with van der Waals surface area (Å²) in [4.78, 5) is 4.78. The summed E-state index contributed by atoms with van der Waals surface area (Å²) < 4.78 is 5.52. The molecule has 0 saturated carbocycles. The monoisotopic (exact) mass is 278 g/mol. The van der Waals surface area contributed by atoms with Gasteiger partial charge in [0.1, 0.15) is 5.75 Å². The first kappa shape index (κ1) is 14.9. The van der Waals surface area contributed by atoms with Crippen LogP contribution in [0.2, 0.25) is 0 Å². The molecule has 5 heteroatoms. The van der Waals surface area contributed by atoms with Gasteiger partial charge in [-0.05, 0) is 27.1 Å². The van der Waals surface area contributed by atoms with Crippen LogP contribution in [-0.2, 0) is 0 Å².